The normalized spacial score (nSPS) is 19.6. The highest BCUT2D eigenvalue weighted by atomic mass is 16.3. The Bertz CT molecular complexity index is 183. The van der Waals surface area contributed by atoms with Crippen LogP contribution in [0.15, 0.2) is 0 Å². The molecule has 0 atom stereocenters. The van der Waals surface area contributed by atoms with Crippen LogP contribution in [0.3, 0.4) is 0 Å². The summed E-state index contributed by atoms with van der Waals surface area (Å²) in [4.78, 5) is 5.00. The number of aliphatic hydroxyl groups is 1. The van der Waals surface area contributed by atoms with Crippen molar-refractivity contribution < 1.29 is 5.11 Å². The quantitative estimate of drug-likeness (QED) is 0.744. The van der Waals surface area contributed by atoms with Crippen LogP contribution in [-0.2, 0) is 0 Å². The largest absolute Gasteiger partial charge is 0.396 e. The molecule has 1 fully saturated rings. The van der Waals surface area contributed by atoms with Crippen molar-refractivity contribution in [2.75, 3.05) is 32.8 Å². The minimum Gasteiger partial charge on any atom is -0.396 e. The van der Waals surface area contributed by atoms with Gasteiger partial charge in [-0.3, -0.25) is 9.80 Å². The van der Waals surface area contributed by atoms with Gasteiger partial charge in [-0.15, -0.1) is 0 Å². The van der Waals surface area contributed by atoms with Gasteiger partial charge >= 0.3 is 0 Å². The van der Waals surface area contributed by atoms with Crippen molar-refractivity contribution in [3.63, 3.8) is 0 Å². The minimum atomic E-state index is 0.312. The van der Waals surface area contributed by atoms with Gasteiger partial charge in [-0.25, -0.2) is 0 Å². The number of hydrogen-bond acceptors (Lipinski definition) is 3. The second-order valence-electron chi connectivity index (χ2n) is 5.44. The summed E-state index contributed by atoms with van der Waals surface area (Å²) >= 11 is 0. The first-order valence-electron chi connectivity index (χ1n) is 6.09. The molecule has 1 N–H and O–H groups in total. The van der Waals surface area contributed by atoms with Gasteiger partial charge in [0.1, 0.15) is 0 Å². The van der Waals surface area contributed by atoms with Gasteiger partial charge in [0.2, 0.25) is 0 Å². The smallest absolute Gasteiger partial charge is 0.0443 e. The summed E-state index contributed by atoms with van der Waals surface area (Å²) in [6.45, 7) is 13.8. The van der Waals surface area contributed by atoms with E-state index in [1.807, 2.05) is 0 Å². The second kappa shape index (κ2) is 5.28. The topological polar surface area (TPSA) is 26.7 Å². The van der Waals surface area contributed by atoms with Crippen LogP contribution >= 0.6 is 0 Å². The van der Waals surface area contributed by atoms with Crippen molar-refractivity contribution >= 4 is 0 Å². The van der Waals surface area contributed by atoms with Crippen LogP contribution in [0.2, 0.25) is 0 Å². The summed E-state index contributed by atoms with van der Waals surface area (Å²) < 4.78 is 0. The Hall–Kier alpha value is -0.120. The number of likely N-dealkylation sites (tertiary alicyclic amines) is 1. The van der Waals surface area contributed by atoms with E-state index in [0.717, 1.165) is 19.5 Å². The minimum absolute atomic E-state index is 0.312. The molecule has 0 radical (unpaired) electrons. The maximum absolute atomic E-state index is 8.83. The molecule has 0 bridgehead atoms. The van der Waals surface area contributed by atoms with E-state index in [0.29, 0.717) is 18.2 Å². The van der Waals surface area contributed by atoms with Crippen LogP contribution in [0.1, 0.15) is 34.1 Å². The summed E-state index contributed by atoms with van der Waals surface area (Å²) in [5, 5.41) is 8.83. The van der Waals surface area contributed by atoms with E-state index in [1.165, 1.54) is 13.1 Å². The summed E-state index contributed by atoms with van der Waals surface area (Å²) in [5.41, 5.74) is 0.312. The van der Waals surface area contributed by atoms with E-state index in [-0.39, 0.29) is 0 Å². The Kier molecular flexibility index (Phi) is 4.56. The van der Waals surface area contributed by atoms with Gasteiger partial charge in [0.05, 0.1) is 0 Å². The van der Waals surface area contributed by atoms with Gasteiger partial charge in [0.15, 0.2) is 0 Å². The van der Waals surface area contributed by atoms with Crippen molar-refractivity contribution in [3.8, 4) is 0 Å². The lowest BCUT2D eigenvalue weighted by Crippen LogP contribution is -2.64. The number of aliphatic hydroxyl groups excluding tert-OH is 1. The third-order valence-electron chi connectivity index (χ3n) is 3.34. The van der Waals surface area contributed by atoms with Gasteiger partial charge in [-0.2, -0.15) is 0 Å². The van der Waals surface area contributed by atoms with Crippen molar-refractivity contribution in [3.05, 3.63) is 0 Å². The highest BCUT2D eigenvalue weighted by molar-refractivity contribution is 4.93. The molecule has 3 heteroatoms. The summed E-state index contributed by atoms with van der Waals surface area (Å²) in [5.74, 6) is 0. The van der Waals surface area contributed by atoms with E-state index in [2.05, 4.69) is 37.5 Å². The molecule has 0 spiro atoms. The Morgan fingerprint density at radius 3 is 2.33 bits per heavy atom. The van der Waals surface area contributed by atoms with E-state index >= 15 is 0 Å². The Morgan fingerprint density at radius 1 is 1.33 bits per heavy atom. The van der Waals surface area contributed by atoms with Gasteiger partial charge in [0, 0.05) is 37.8 Å². The average Bonchev–Trinajstić information content (AvgIpc) is 2.06. The van der Waals surface area contributed by atoms with Crippen LogP contribution in [0, 0.1) is 0 Å². The van der Waals surface area contributed by atoms with Crippen molar-refractivity contribution in [2.45, 2.75) is 45.7 Å². The van der Waals surface area contributed by atoms with E-state index in [4.69, 9.17) is 5.11 Å². The number of nitrogens with zero attached hydrogens (tertiary/aromatic N) is 2. The lowest BCUT2D eigenvalue weighted by molar-refractivity contribution is -0.0217. The first kappa shape index (κ1) is 12.9. The molecular weight excluding hydrogens is 188 g/mol. The van der Waals surface area contributed by atoms with Gasteiger partial charge in [-0.05, 0) is 33.7 Å². The van der Waals surface area contributed by atoms with Gasteiger partial charge in [-0.1, -0.05) is 6.92 Å². The molecule has 0 aromatic heterocycles. The monoisotopic (exact) mass is 214 g/mol. The van der Waals surface area contributed by atoms with Crippen LogP contribution in [0.5, 0.6) is 0 Å². The van der Waals surface area contributed by atoms with E-state index < -0.39 is 0 Å². The van der Waals surface area contributed by atoms with E-state index in [9.17, 15) is 0 Å². The van der Waals surface area contributed by atoms with Gasteiger partial charge < -0.3 is 5.11 Å². The van der Waals surface area contributed by atoms with Gasteiger partial charge in [0.25, 0.3) is 0 Å². The third-order valence-corrected chi connectivity index (χ3v) is 3.34. The summed E-state index contributed by atoms with van der Waals surface area (Å²) in [6.07, 6.45) is 0.903. The molecule has 15 heavy (non-hydrogen) atoms. The molecular formula is C12H26N2O. The predicted molar refractivity (Wildman–Crippen MR) is 64.1 cm³/mol. The van der Waals surface area contributed by atoms with Crippen molar-refractivity contribution in [2.24, 2.45) is 0 Å². The SMILES string of the molecule is CCN(CCCO)C1CN(C(C)(C)C)C1. The predicted octanol–water partition coefficient (Wildman–Crippen LogP) is 1.17. The zero-order valence-corrected chi connectivity index (χ0v) is 10.7. The molecule has 0 unspecified atom stereocenters. The molecule has 1 aliphatic heterocycles. The van der Waals surface area contributed by atoms with Crippen molar-refractivity contribution in [1.29, 1.82) is 0 Å². The van der Waals surface area contributed by atoms with E-state index in [1.54, 1.807) is 0 Å². The fourth-order valence-corrected chi connectivity index (χ4v) is 2.11. The average molecular weight is 214 g/mol. The highest BCUT2D eigenvalue weighted by Gasteiger charge is 2.36. The summed E-state index contributed by atoms with van der Waals surface area (Å²) in [7, 11) is 0. The zero-order chi connectivity index (χ0) is 11.5. The Labute approximate surface area is 94.1 Å². The fourth-order valence-electron chi connectivity index (χ4n) is 2.11. The number of hydrogen-bond donors (Lipinski definition) is 1. The standard InChI is InChI=1S/C12H26N2O/c1-5-13(7-6-8-15)11-9-14(10-11)12(2,3)4/h11,15H,5-10H2,1-4H3. The van der Waals surface area contributed by atoms with Crippen LogP contribution in [0.4, 0.5) is 0 Å². The maximum Gasteiger partial charge on any atom is 0.0443 e. The molecule has 1 heterocycles. The molecule has 90 valence electrons. The molecule has 1 rings (SSSR count). The Balaban J connectivity index is 2.29. The molecule has 1 aliphatic rings. The third kappa shape index (κ3) is 3.44. The number of likely N-dealkylation sites (N-methyl/N-ethyl adjacent to an activating group) is 1. The zero-order valence-electron chi connectivity index (χ0n) is 10.7. The maximum atomic E-state index is 8.83. The molecule has 1 saturated heterocycles. The van der Waals surface area contributed by atoms with Crippen LogP contribution < -0.4 is 0 Å². The molecule has 0 saturated carbocycles. The first-order chi connectivity index (χ1) is 6.99. The van der Waals surface area contributed by atoms with Crippen molar-refractivity contribution in [1.82, 2.24) is 9.80 Å². The lowest BCUT2D eigenvalue weighted by atomic mass is 9.96. The van der Waals surface area contributed by atoms with Crippen LogP contribution in [0.25, 0.3) is 0 Å². The number of rotatable bonds is 5. The molecule has 3 nitrogen and oxygen atoms in total. The molecule has 0 aliphatic carbocycles. The molecule has 0 aromatic carbocycles. The molecule has 0 amide bonds. The summed E-state index contributed by atoms with van der Waals surface area (Å²) in [6, 6.07) is 0.709. The lowest BCUT2D eigenvalue weighted by Gasteiger charge is -2.51. The van der Waals surface area contributed by atoms with Crippen LogP contribution in [-0.4, -0.2) is 59.3 Å². The Morgan fingerprint density at radius 2 is 1.93 bits per heavy atom. The molecule has 0 aromatic rings. The first-order valence-corrected chi connectivity index (χ1v) is 6.09. The highest BCUT2D eigenvalue weighted by Crippen LogP contribution is 2.24. The fraction of sp³-hybridized carbons (Fsp3) is 1.00. The second-order valence-corrected chi connectivity index (χ2v) is 5.44.